The number of ether oxygens (including phenoxy) is 1. The normalized spacial score (nSPS) is 22.8. The lowest BCUT2D eigenvalue weighted by Crippen LogP contribution is -2.32. The van der Waals surface area contributed by atoms with Gasteiger partial charge < -0.3 is 4.74 Å². The Kier molecular flexibility index (Phi) is 6.20. The van der Waals surface area contributed by atoms with Crippen molar-refractivity contribution in [2.45, 2.75) is 19.3 Å². The highest BCUT2D eigenvalue weighted by molar-refractivity contribution is 6.30. The molecule has 0 spiro atoms. The standard InChI is InChI=1S/C33H25ClN2O5/c34-22-11-7-19(8-12-22)28(37)17-41-33(40)25-16-27(35-26-4-2-1-3-24(25)26)18-9-13-23(14-10-18)36-31(38)29-20-5-6-21(15-20)30(29)32(36)39/h1-4,7-14,16,20-21,29-30H,5-6,15,17H2/t20-,21+,29-,30-/m0/s1. The van der Waals surface area contributed by atoms with E-state index in [0.29, 0.717) is 50.3 Å². The predicted octanol–water partition coefficient (Wildman–Crippen LogP) is 6.13. The summed E-state index contributed by atoms with van der Waals surface area (Å²) >= 11 is 5.90. The number of amides is 2. The number of fused-ring (bicyclic) bond motifs is 6. The van der Waals surface area contributed by atoms with Crippen molar-refractivity contribution in [1.82, 2.24) is 4.98 Å². The Morgan fingerprint density at radius 2 is 1.54 bits per heavy atom. The van der Waals surface area contributed by atoms with Crippen molar-refractivity contribution in [3.05, 3.63) is 95.0 Å². The third-order valence-electron chi connectivity index (χ3n) is 8.79. The van der Waals surface area contributed by atoms with Gasteiger partial charge in [-0.25, -0.2) is 9.78 Å². The second kappa shape index (κ2) is 9.93. The number of para-hydroxylation sites is 1. The van der Waals surface area contributed by atoms with Gasteiger partial charge in [0, 0.05) is 21.5 Å². The first kappa shape index (κ1) is 25.6. The van der Waals surface area contributed by atoms with Crippen LogP contribution >= 0.6 is 11.6 Å². The van der Waals surface area contributed by atoms with Crippen molar-refractivity contribution in [3.63, 3.8) is 0 Å². The first-order chi connectivity index (χ1) is 19.9. The van der Waals surface area contributed by atoms with Crippen LogP contribution in [0.3, 0.4) is 0 Å². The Morgan fingerprint density at radius 1 is 0.878 bits per heavy atom. The van der Waals surface area contributed by atoms with E-state index in [4.69, 9.17) is 21.3 Å². The lowest BCUT2D eigenvalue weighted by molar-refractivity contribution is -0.123. The number of benzene rings is 3. The zero-order valence-corrected chi connectivity index (χ0v) is 22.7. The van der Waals surface area contributed by atoms with Crippen LogP contribution in [0.2, 0.25) is 5.02 Å². The number of ketones is 1. The summed E-state index contributed by atoms with van der Waals surface area (Å²) < 4.78 is 5.41. The van der Waals surface area contributed by atoms with E-state index >= 15 is 0 Å². The van der Waals surface area contributed by atoms with Gasteiger partial charge in [0.1, 0.15) is 0 Å². The number of carbonyl (C=O) groups is 4. The fourth-order valence-electron chi connectivity index (χ4n) is 6.86. The number of carbonyl (C=O) groups excluding carboxylic acids is 4. The fraction of sp³-hybridized carbons (Fsp3) is 0.242. The molecule has 41 heavy (non-hydrogen) atoms. The molecule has 1 saturated heterocycles. The topological polar surface area (TPSA) is 93.6 Å². The summed E-state index contributed by atoms with van der Waals surface area (Å²) in [5, 5.41) is 1.11. The second-order valence-corrected chi connectivity index (χ2v) is 11.5. The van der Waals surface area contributed by atoms with Crippen LogP contribution in [0, 0.1) is 23.7 Å². The molecule has 0 N–H and O–H groups in total. The molecule has 4 aromatic rings. The number of aromatic nitrogens is 1. The highest BCUT2D eigenvalue weighted by Crippen LogP contribution is 2.56. The van der Waals surface area contributed by atoms with E-state index in [0.717, 1.165) is 19.3 Å². The third-order valence-corrected chi connectivity index (χ3v) is 9.04. The summed E-state index contributed by atoms with van der Waals surface area (Å²) in [6.07, 6.45) is 3.06. The van der Waals surface area contributed by atoms with Crippen LogP contribution in [0.15, 0.2) is 78.9 Å². The van der Waals surface area contributed by atoms with E-state index < -0.39 is 12.6 Å². The molecule has 1 aliphatic heterocycles. The summed E-state index contributed by atoms with van der Waals surface area (Å²) in [5.74, 6) is -0.847. The van der Waals surface area contributed by atoms with Crippen LogP contribution < -0.4 is 4.90 Å². The van der Waals surface area contributed by atoms with Crippen molar-refractivity contribution in [2.24, 2.45) is 23.7 Å². The molecule has 0 unspecified atom stereocenters. The van der Waals surface area contributed by atoms with E-state index in [2.05, 4.69) is 0 Å². The molecular weight excluding hydrogens is 540 g/mol. The van der Waals surface area contributed by atoms with Crippen molar-refractivity contribution in [2.75, 3.05) is 11.5 Å². The summed E-state index contributed by atoms with van der Waals surface area (Å²) in [5.41, 5.74) is 3.07. The molecule has 7 nitrogen and oxygen atoms in total. The summed E-state index contributed by atoms with van der Waals surface area (Å²) in [6.45, 7) is -0.414. The average Bonchev–Trinajstić information content (AvgIpc) is 3.69. The SMILES string of the molecule is O=C(COC(=O)c1cc(-c2ccc(N3C(=O)[C@H]4[C@@H]5CC[C@@H](C5)[C@@H]4C3=O)cc2)nc2ccccc12)c1ccc(Cl)cc1. The Hall–Kier alpha value is -4.36. The Bertz CT molecular complexity index is 1710. The molecule has 4 atom stereocenters. The molecule has 2 saturated carbocycles. The molecule has 8 heteroatoms. The quantitative estimate of drug-likeness (QED) is 0.159. The van der Waals surface area contributed by atoms with Crippen molar-refractivity contribution in [1.29, 1.82) is 0 Å². The maximum Gasteiger partial charge on any atom is 0.339 e. The van der Waals surface area contributed by atoms with Gasteiger partial charge in [-0.3, -0.25) is 19.3 Å². The number of Topliss-reactive ketones (excluding diaryl/α,β-unsaturated/α-hetero) is 1. The molecule has 7 rings (SSSR count). The number of esters is 1. The summed E-state index contributed by atoms with van der Waals surface area (Å²) in [4.78, 5) is 58.3. The minimum Gasteiger partial charge on any atom is -0.454 e. The van der Waals surface area contributed by atoms with Gasteiger partial charge in [-0.05, 0) is 79.6 Å². The number of hydrogen-bond donors (Lipinski definition) is 0. The lowest BCUT2D eigenvalue weighted by Gasteiger charge is -2.19. The Balaban J connectivity index is 1.14. The first-order valence-corrected chi connectivity index (χ1v) is 14.1. The highest BCUT2D eigenvalue weighted by Gasteiger charge is 2.61. The zero-order chi connectivity index (χ0) is 28.2. The number of rotatable bonds is 6. The van der Waals surface area contributed by atoms with Gasteiger partial charge in [-0.1, -0.05) is 41.9 Å². The Morgan fingerprint density at radius 3 is 2.22 bits per heavy atom. The number of halogens is 1. The van der Waals surface area contributed by atoms with Crippen LogP contribution in [0.1, 0.15) is 40.0 Å². The largest absolute Gasteiger partial charge is 0.454 e. The molecule has 0 radical (unpaired) electrons. The van der Waals surface area contributed by atoms with Gasteiger partial charge in [-0.15, -0.1) is 0 Å². The number of hydrogen-bond acceptors (Lipinski definition) is 6. The molecule has 204 valence electrons. The summed E-state index contributed by atoms with van der Waals surface area (Å²) in [6, 6.07) is 22.4. The maximum atomic E-state index is 13.2. The molecular formula is C33H25ClN2O5. The number of imide groups is 1. The van der Waals surface area contributed by atoms with Crippen molar-refractivity contribution in [3.8, 4) is 11.3 Å². The van der Waals surface area contributed by atoms with E-state index in [-0.39, 0.29) is 35.0 Å². The number of pyridine rings is 1. The van der Waals surface area contributed by atoms with Crippen LogP contribution in [0.25, 0.3) is 22.2 Å². The van der Waals surface area contributed by atoms with Gasteiger partial charge in [0.25, 0.3) is 0 Å². The van der Waals surface area contributed by atoms with Crippen molar-refractivity contribution < 1.29 is 23.9 Å². The molecule has 3 aliphatic rings. The maximum absolute atomic E-state index is 13.2. The zero-order valence-electron chi connectivity index (χ0n) is 22.0. The molecule has 3 aromatic carbocycles. The van der Waals surface area contributed by atoms with Crippen LogP contribution in [0.4, 0.5) is 5.69 Å². The van der Waals surface area contributed by atoms with Gasteiger partial charge in [0.15, 0.2) is 12.4 Å². The number of nitrogens with zero attached hydrogens (tertiary/aromatic N) is 2. The van der Waals surface area contributed by atoms with Crippen LogP contribution in [0.5, 0.6) is 0 Å². The number of anilines is 1. The van der Waals surface area contributed by atoms with Gasteiger partial charge in [0.2, 0.25) is 11.8 Å². The van der Waals surface area contributed by atoms with Gasteiger partial charge in [0.05, 0.1) is 34.3 Å². The van der Waals surface area contributed by atoms with Gasteiger partial charge in [-0.2, -0.15) is 0 Å². The monoisotopic (exact) mass is 564 g/mol. The average molecular weight is 565 g/mol. The third kappa shape index (κ3) is 4.32. The molecule has 2 heterocycles. The predicted molar refractivity (Wildman–Crippen MR) is 154 cm³/mol. The molecule has 2 bridgehead atoms. The van der Waals surface area contributed by atoms with E-state index in [1.54, 1.807) is 72.8 Å². The van der Waals surface area contributed by atoms with E-state index in [9.17, 15) is 19.2 Å². The van der Waals surface area contributed by atoms with Crippen molar-refractivity contribution >= 4 is 51.8 Å². The van der Waals surface area contributed by atoms with Crippen LogP contribution in [-0.4, -0.2) is 35.2 Å². The molecule has 1 aromatic heterocycles. The van der Waals surface area contributed by atoms with E-state index in [1.807, 2.05) is 6.07 Å². The first-order valence-electron chi connectivity index (χ1n) is 13.7. The van der Waals surface area contributed by atoms with Gasteiger partial charge >= 0.3 is 5.97 Å². The van der Waals surface area contributed by atoms with E-state index in [1.165, 1.54) is 4.90 Å². The Labute approximate surface area is 241 Å². The highest BCUT2D eigenvalue weighted by atomic mass is 35.5. The molecule has 3 fully saturated rings. The smallest absolute Gasteiger partial charge is 0.339 e. The molecule has 2 aliphatic carbocycles. The fourth-order valence-corrected chi connectivity index (χ4v) is 6.99. The minimum absolute atomic E-state index is 0.0815. The lowest BCUT2D eigenvalue weighted by atomic mass is 9.81. The van der Waals surface area contributed by atoms with Crippen LogP contribution in [-0.2, 0) is 14.3 Å². The second-order valence-electron chi connectivity index (χ2n) is 11.0. The molecule has 2 amide bonds. The minimum atomic E-state index is -0.641. The summed E-state index contributed by atoms with van der Waals surface area (Å²) in [7, 11) is 0.